The summed E-state index contributed by atoms with van der Waals surface area (Å²) in [7, 11) is 4.49. The van der Waals surface area contributed by atoms with Crippen LogP contribution in [0, 0.1) is 5.41 Å². The van der Waals surface area contributed by atoms with E-state index in [-0.39, 0.29) is 24.1 Å². The van der Waals surface area contributed by atoms with Crippen LogP contribution in [-0.2, 0) is 16.7 Å². The van der Waals surface area contributed by atoms with E-state index < -0.39 is 0 Å². The number of nitrogens with zero attached hydrogens (tertiary/aromatic N) is 1. The van der Waals surface area contributed by atoms with E-state index in [9.17, 15) is 0 Å². The molecule has 0 aliphatic heterocycles. The highest BCUT2D eigenvalue weighted by atomic mass is 35.5. The summed E-state index contributed by atoms with van der Waals surface area (Å²) in [6.45, 7) is 16.3. The summed E-state index contributed by atoms with van der Waals surface area (Å²) in [5.41, 5.74) is 3.14. The third-order valence-corrected chi connectivity index (χ3v) is 5.66. The van der Waals surface area contributed by atoms with Gasteiger partial charge >= 0.3 is 0 Å². The van der Waals surface area contributed by atoms with Gasteiger partial charge in [0.1, 0.15) is 18.8 Å². The van der Waals surface area contributed by atoms with Crippen LogP contribution in [0.15, 0.2) is 54.6 Å². The van der Waals surface area contributed by atoms with E-state index in [1.165, 1.54) is 11.1 Å². The standard InChI is InChI=1S/C28H44NO2.ClH/c1-9-26(30-20-19-29(7,8)21-23-13-11-10-12-14-23)31-25-17-15-24(16-18-25)28(5,6)22-27(2,3)4;/h10-18,26H,9,19-22H2,1-8H3;1H/q+1;/p-1. The van der Waals surface area contributed by atoms with Crippen molar-refractivity contribution in [2.24, 2.45) is 5.41 Å². The topological polar surface area (TPSA) is 18.5 Å². The Kier molecular flexibility index (Phi) is 10.7. The van der Waals surface area contributed by atoms with Crippen LogP contribution >= 0.6 is 0 Å². The molecule has 0 aliphatic carbocycles. The van der Waals surface area contributed by atoms with Crippen LogP contribution in [-0.4, -0.2) is 38.0 Å². The SMILES string of the molecule is CCC(OCC[N+](C)(C)Cc1ccccc1)Oc1ccc(C(C)(C)CC(C)(C)C)cc1.[Cl-]. The van der Waals surface area contributed by atoms with Gasteiger partial charge in [0, 0.05) is 12.0 Å². The molecule has 0 fully saturated rings. The van der Waals surface area contributed by atoms with Crippen molar-refractivity contribution in [3.05, 3.63) is 65.7 Å². The summed E-state index contributed by atoms with van der Waals surface area (Å²) >= 11 is 0. The minimum Gasteiger partial charge on any atom is -1.00 e. The van der Waals surface area contributed by atoms with E-state index in [1.54, 1.807) is 0 Å². The van der Waals surface area contributed by atoms with Gasteiger partial charge in [-0.3, -0.25) is 0 Å². The van der Waals surface area contributed by atoms with Gasteiger partial charge in [0.2, 0.25) is 0 Å². The first-order valence-electron chi connectivity index (χ1n) is 11.6. The number of quaternary nitrogens is 1. The number of likely N-dealkylation sites (N-methyl/N-ethyl adjacent to an activating group) is 1. The highest BCUT2D eigenvalue weighted by molar-refractivity contribution is 5.31. The number of halogens is 1. The van der Waals surface area contributed by atoms with Gasteiger partial charge in [-0.25, -0.2) is 0 Å². The van der Waals surface area contributed by atoms with Crippen LogP contribution in [0.4, 0.5) is 0 Å². The van der Waals surface area contributed by atoms with E-state index in [4.69, 9.17) is 9.47 Å². The van der Waals surface area contributed by atoms with Crippen molar-refractivity contribution in [3.8, 4) is 5.75 Å². The van der Waals surface area contributed by atoms with E-state index in [0.717, 1.165) is 36.2 Å². The molecule has 180 valence electrons. The zero-order valence-electron chi connectivity index (χ0n) is 21.5. The van der Waals surface area contributed by atoms with Crippen LogP contribution < -0.4 is 17.1 Å². The molecule has 0 saturated carbocycles. The molecule has 0 aliphatic rings. The molecule has 1 atom stereocenters. The Bertz CT molecular complexity index is 779. The fourth-order valence-electron chi connectivity index (χ4n) is 4.39. The molecule has 0 bridgehead atoms. The molecule has 0 saturated heterocycles. The first-order chi connectivity index (χ1) is 14.4. The minimum atomic E-state index is -0.217. The number of rotatable bonds is 11. The maximum atomic E-state index is 6.14. The Balaban J connectivity index is 0.00000512. The summed E-state index contributed by atoms with van der Waals surface area (Å²) in [5, 5.41) is 0. The highest BCUT2D eigenvalue weighted by Crippen LogP contribution is 2.36. The Hall–Kier alpha value is -1.55. The van der Waals surface area contributed by atoms with Crippen molar-refractivity contribution >= 4 is 0 Å². The van der Waals surface area contributed by atoms with Gasteiger partial charge in [-0.1, -0.05) is 84.0 Å². The number of hydrogen-bond donors (Lipinski definition) is 0. The molecule has 3 nitrogen and oxygen atoms in total. The normalized spacial score (nSPS) is 13.4. The summed E-state index contributed by atoms with van der Waals surface area (Å²) in [4.78, 5) is 0. The second kappa shape index (κ2) is 12.1. The van der Waals surface area contributed by atoms with Gasteiger partial charge < -0.3 is 26.4 Å². The first kappa shape index (κ1) is 28.5. The van der Waals surface area contributed by atoms with Crippen LogP contribution in [0.2, 0.25) is 0 Å². The van der Waals surface area contributed by atoms with Crippen molar-refractivity contribution in [1.29, 1.82) is 0 Å². The lowest BCUT2D eigenvalue weighted by Gasteiger charge is -2.33. The van der Waals surface area contributed by atoms with E-state index in [2.05, 4.69) is 110 Å². The predicted molar refractivity (Wildman–Crippen MR) is 131 cm³/mol. The summed E-state index contributed by atoms with van der Waals surface area (Å²) < 4.78 is 13.1. The fraction of sp³-hybridized carbons (Fsp3) is 0.571. The van der Waals surface area contributed by atoms with E-state index in [0.29, 0.717) is 12.0 Å². The van der Waals surface area contributed by atoms with Crippen LogP contribution in [0.1, 0.15) is 65.5 Å². The van der Waals surface area contributed by atoms with Crippen LogP contribution in [0.5, 0.6) is 5.75 Å². The Morgan fingerprint density at radius 2 is 1.47 bits per heavy atom. The molecular weight excluding hydrogens is 418 g/mol. The van der Waals surface area contributed by atoms with E-state index in [1.807, 2.05) is 0 Å². The largest absolute Gasteiger partial charge is 1.00 e. The molecule has 0 spiro atoms. The molecule has 0 amide bonds. The van der Waals surface area contributed by atoms with E-state index >= 15 is 0 Å². The molecule has 0 radical (unpaired) electrons. The molecule has 0 aromatic heterocycles. The summed E-state index contributed by atoms with van der Waals surface area (Å²) in [6, 6.07) is 19.2. The van der Waals surface area contributed by atoms with Crippen molar-refractivity contribution < 1.29 is 26.4 Å². The fourth-order valence-corrected chi connectivity index (χ4v) is 4.39. The summed E-state index contributed by atoms with van der Waals surface area (Å²) in [6.07, 6.45) is 1.74. The smallest absolute Gasteiger partial charge is 0.199 e. The third kappa shape index (κ3) is 9.94. The number of hydrogen-bond acceptors (Lipinski definition) is 2. The second-order valence-corrected chi connectivity index (χ2v) is 11.3. The van der Waals surface area contributed by atoms with Crippen molar-refractivity contribution in [1.82, 2.24) is 0 Å². The molecule has 0 N–H and O–H groups in total. The van der Waals surface area contributed by atoms with Gasteiger partial charge in [0.15, 0.2) is 6.29 Å². The minimum absolute atomic E-state index is 0. The quantitative estimate of drug-likeness (QED) is 0.374. The predicted octanol–water partition coefficient (Wildman–Crippen LogP) is 3.81. The molecule has 2 aromatic carbocycles. The first-order valence-corrected chi connectivity index (χ1v) is 11.6. The second-order valence-electron chi connectivity index (χ2n) is 11.3. The zero-order chi connectivity index (χ0) is 23.1. The average molecular weight is 462 g/mol. The average Bonchev–Trinajstić information content (AvgIpc) is 2.66. The van der Waals surface area contributed by atoms with Gasteiger partial charge in [-0.2, -0.15) is 0 Å². The number of benzene rings is 2. The van der Waals surface area contributed by atoms with Crippen molar-refractivity contribution in [2.45, 2.75) is 72.6 Å². The van der Waals surface area contributed by atoms with Gasteiger partial charge in [0.25, 0.3) is 0 Å². The lowest BCUT2D eigenvalue weighted by molar-refractivity contribution is -0.904. The Morgan fingerprint density at radius 1 is 0.875 bits per heavy atom. The monoisotopic (exact) mass is 461 g/mol. The molecule has 0 heterocycles. The molecule has 2 rings (SSSR count). The Morgan fingerprint density at radius 3 is 2.00 bits per heavy atom. The Labute approximate surface area is 203 Å². The van der Waals surface area contributed by atoms with Crippen LogP contribution in [0.25, 0.3) is 0 Å². The van der Waals surface area contributed by atoms with Gasteiger partial charge in [0.05, 0.1) is 20.7 Å². The lowest BCUT2D eigenvalue weighted by atomic mass is 9.72. The maximum Gasteiger partial charge on any atom is 0.199 e. The lowest BCUT2D eigenvalue weighted by Crippen LogP contribution is -3.00. The van der Waals surface area contributed by atoms with Gasteiger partial charge in [-0.15, -0.1) is 0 Å². The molecule has 1 unspecified atom stereocenters. The molecular formula is C28H44ClNO2. The molecule has 4 heteroatoms. The van der Waals surface area contributed by atoms with Crippen molar-refractivity contribution in [2.75, 3.05) is 27.2 Å². The number of ether oxygens (including phenoxy) is 2. The van der Waals surface area contributed by atoms with Crippen LogP contribution in [0.3, 0.4) is 0 Å². The van der Waals surface area contributed by atoms with Gasteiger partial charge in [-0.05, 0) is 34.9 Å². The molecule has 32 heavy (non-hydrogen) atoms. The molecule has 2 aromatic rings. The van der Waals surface area contributed by atoms with Crippen molar-refractivity contribution in [3.63, 3.8) is 0 Å². The third-order valence-electron chi connectivity index (χ3n) is 5.66. The maximum absolute atomic E-state index is 6.14. The summed E-state index contributed by atoms with van der Waals surface area (Å²) in [5.74, 6) is 0.875. The highest BCUT2D eigenvalue weighted by Gasteiger charge is 2.27. The zero-order valence-corrected chi connectivity index (χ0v) is 22.2.